The topological polar surface area (TPSA) is 72.5 Å². The van der Waals surface area contributed by atoms with E-state index < -0.39 is 27.3 Å². The van der Waals surface area contributed by atoms with Gasteiger partial charge in [0.25, 0.3) is 0 Å². The Bertz CT molecular complexity index is 603. The Morgan fingerprint density at radius 2 is 2.17 bits per heavy atom. The molecule has 7 heteroatoms. The molecule has 5 nitrogen and oxygen atoms in total. The molecule has 0 aromatic rings. The van der Waals surface area contributed by atoms with Crippen molar-refractivity contribution in [2.45, 2.75) is 12.5 Å². The molecule has 2 rings (SSSR count). The van der Waals surface area contributed by atoms with E-state index in [1.54, 1.807) is 6.92 Å². The molecule has 0 aromatic heterocycles. The summed E-state index contributed by atoms with van der Waals surface area (Å²) in [5.41, 5.74) is 0.884. The third-order valence-corrected chi connectivity index (χ3v) is 4.97. The Morgan fingerprint density at radius 1 is 1.50 bits per heavy atom. The zero-order chi connectivity index (χ0) is 13.6. The molecule has 0 amide bonds. The molecule has 0 saturated carbocycles. The number of ether oxygens (including phenoxy) is 1. The van der Waals surface area contributed by atoms with Crippen LogP contribution < -0.4 is 4.72 Å². The van der Waals surface area contributed by atoms with Crippen molar-refractivity contribution in [2.24, 2.45) is 0 Å². The average molecular weight is 334 g/mol. The van der Waals surface area contributed by atoms with Gasteiger partial charge in [-0.05, 0) is 24.1 Å². The van der Waals surface area contributed by atoms with Crippen LogP contribution in [0.25, 0.3) is 0 Å². The summed E-state index contributed by atoms with van der Waals surface area (Å²) in [5.74, 6) is -1.47. The SMILES string of the molecule is COC(=O)CS(=O)(=O)NC1(C)C2=CC(Br)=C1C=C2. The Morgan fingerprint density at radius 3 is 2.61 bits per heavy atom. The molecule has 0 radical (unpaired) electrons. The molecular weight excluding hydrogens is 322 g/mol. The summed E-state index contributed by atoms with van der Waals surface area (Å²) in [7, 11) is -2.59. The van der Waals surface area contributed by atoms with E-state index in [2.05, 4.69) is 25.4 Å². The van der Waals surface area contributed by atoms with Crippen LogP contribution in [-0.4, -0.2) is 32.8 Å². The minimum Gasteiger partial charge on any atom is -0.468 e. The maximum Gasteiger partial charge on any atom is 0.322 e. The molecule has 0 saturated heterocycles. The normalized spacial score (nSPS) is 25.6. The lowest BCUT2D eigenvalue weighted by Crippen LogP contribution is -2.47. The second kappa shape index (κ2) is 4.32. The quantitative estimate of drug-likeness (QED) is 0.779. The molecule has 2 aliphatic rings. The number of methoxy groups -OCH3 is 1. The summed E-state index contributed by atoms with van der Waals surface area (Å²) < 4.78 is 31.5. The zero-order valence-corrected chi connectivity index (χ0v) is 12.3. The highest BCUT2D eigenvalue weighted by molar-refractivity contribution is 9.12. The lowest BCUT2D eigenvalue weighted by Gasteiger charge is -2.26. The van der Waals surface area contributed by atoms with Gasteiger partial charge in [0.2, 0.25) is 10.0 Å². The molecule has 1 atom stereocenters. The van der Waals surface area contributed by atoms with Crippen molar-refractivity contribution >= 4 is 31.9 Å². The van der Waals surface area contributed by atoms with Crippen LogP contribution in [0.1, 0.15) is 6.92 Å². The van der Waals surface area contributed by atoms with Crippen molar-refractivity contribution in [3.8, 4) is 0 Å². The van der Waals surface area contributed by atoms with Crippen LogP contribution in [0.2, 0.25) is 0 Å². The van der Waals surface area contributed by atoms with Crippen molar-refractivity contribution in [3.63, 3.8) is 0 Å². The number of carbonyl (C=O) groups excluding carboxylic acids is 1. The Balaban J connectivity index is 2.22. The predicted octanol–water partition coefficient (Wildman–Crippen LogP) is 0.996. The van der Waals surface area contributed by atoms with Gasteiger partial charge in [0.05, 0.1) is 12.6 Å². The summed E-state index contributed by atoms with van der Waals surface area (Å²) in [6.45, 7) is 1.76. The monoisotopic (exact) mass is 333 g/mol. The van der Waals surface area contributed by atoms with E-state index in [1.807, 2.05) is 18.2 Å². The van der Waals surface area contributed by atoms with E-state index >= 15 is 0 Å². The van der Waals surface area contributed by atoms with E-state index in [4.69, 9.17) is 0 Å². The van der Waals surface area contributed by atoms with Gasteiger partial charge in [-0.1, -0.05) is 28.1 Å². The molecule has 0 fully saturated rings. The number of nitrogens with one attached hydrogen (secondary N) is 1. The van der Waals surface area contributed by atoms with Crippen molar-refractivity contribution in [2.75, 3.05) is 12.9 Å². The Kier molecular flexibility index (Phi) is 3.25. The standard InChI is InChI=1S/C11H12BrNO4S/c1-11(7-3-4-8(11)9(12)5-7)13-18(15,16)6-10(14)17-2/h3-5,13H,6H2,1-2H3. The molecule has 0 aromatic carbocycles. The molecule has 18 heavy (non-hydrogen) atoms. The van der Waals surface area contributed by atoms with Crippen molar-refractivity contribution in [1.29, 1.82) is 0 Å². The first-order chi connectivity index (χ1) is 8.28. The number of halogens is 1. The summed E-state index contributed by atoms with van der Waals surface area (Å²) in [4.78, 5) is 11.1. The van der Waals surface area contributed by atoms with E-state index in [-0.39, 0.29) is 0 Å². The summed E-state index contributed by atoms with van der Waals surface area (Å²) >= 11 is 3.37. The molecule has 0 spiro atoms. The number of sulfonamides is 1. The molecular formula is C11H12BrNO4S. The van der Waals surface area contributed by atoms with Crippen LogP contribution >= 0.6 is 15.9 Å². The van der Waals surface area contributed by atoms with Gasteiger partial charge in [-0.2, -0.15) is 0 Å². The molecule has 1 N–H and O–H groups in total. The van der Waals surface area contributed by atoms with Gasteiger partial charge in [-0.25, -0.2) is 13.1 Å². The van der Waals surface area contributed by atoms with Crippen LogP contribution in [0.3, 0.4) is 0 Å². The largest absolute Gasteiger partial charge is 0.468 e. The lowest BCUT2D eigenvalue weighted by atomic mass is 9.96. The number of fused-ring (bicyclic) bond motifs is 2. The number of hydrogen-bond donors (Lipinski definition) is 1. The number of hydrogen-bond acceptors (Lipinski definition) is 4. The Hall–Kier alpha value is -0.920. The number of esters is 1. The van der Waals surface area contributed by atoms with E-state index in [0.717, 1.165) is 22.7 Å². The fraction of sp³-hybridized carbons (Fsp3) is 0.364. The summed E-state index contributed by atoms with van der Waals surface area (Å²) in [5, 5.41) is 0. The van der Waals surface area contributed by atoms with E-state index in [0.29, 0.717) is 0 Å². The van der Waals surface area contributed by atoms with Gasteiger partial charge < -0.3 is 4.74 Å². The third kappa shape index (κ3) is 2.17. The minimum absolute atomic E-state index is 0.683. The maximum absolute atomic E-state index is 11.9. The predicted molar refractivity (Wildman–Crippen MR) is 70.5 cm³/mol. The smallest absolute Gasteiger partial charge is 0.322 e. The summed E-state index contributed by atoms with van der Waals surface area (Å²) in [6.07, 6.45) is 5.55. The van der Waals surface area contributed by atoms with Gasteiger partial charge in [-0.15, -0.1) is 0 Å². The second-order valence-electron chi connectivity index (χ2n) is 4.26. The van der Waals surface area contributed by atoms with Crippen LogP contribution in [-0.2, 0) is 19.6 Å². The molecule has 2 aliphatic carbocycles. The highest BCUT2D eigenvalue weighted by Crippen LogP contribution is 2.44. The maximum atomic E-state index is 11.9. The van der Waals surface area contributed by atoms with E-state index in [1.165, 1.54) is 0 Å². The molecule has 98 valence electrons. The van der Waals surface area contributed by atoms with Crippen LogP contribution in [0.5, 0.6) is 0 Å². The summed E-state index contributed by atoms with van der Waals surface area (Å²) in [6, 6.07) is 0. The van der Waals surface area contributed by atoms with Gasteiger partial charge in [0.15, 0.2) is 5.75 Å². The Labute approximate surface area is 114 Å². The first-order valence-electron chi connectivity index (χ1n) is 5.17. The fourth-order valence-corrected chi connectivity index (χ4v) is 4.19. The van der Waals surface area contributed by atoms with Crippen molar-refractivity contribution < 1.29 is 17.9 Å². The van der Waals surface area contributed by atoms with E-state index in [9.17, 15) is 13.2 Å². The van der Waals surface area contributed by atoms with Gasteiger partial charge in [0, 0.05) is 4.48 Å². The van der Waals surface area contributed by atoms with Crippen LogP contribution in [0, 0.1) is 0 Å². The molecule has 0 aliphatic heterocycles. The number of rotatable bonds is 4. The van der Waals surface area contributed by atoms with Crippen LogP contribution in [0.4, 0.5) is 0 Å². The minimum atomic E-state index is -3.74. The fourth-order valence-electron chi connectivity index (χ4n) is 2.06. The van der Waals surface area contributed by atoms with Crippen LogP contribution in [0.15, 0.2) is 33.9 Å². The number of carbonyl (C=O) groups is 1. The van der Waals surface area contributed by atoms with Crippen molar-refractivity contribution in [1.82, 2.24) is 4.72 Å². The van der Waals surface area contributed by atoms with Crippen molar-refractivity contribution in [3.05, 3.63) is 33.9 Å². The molecule has 1 unspecified atom stereocenters. The highest BCUT2D eigenvalue weighted by Gasteiger charge is 2.43. The first-order valence-corrected chi connectivity index (χ1v) is 7.62. The molecule has 0 heterocycles. The average Bonchev–Trinajstić information content (AvgIpc) is 2.65. The van der Waals surface area contributed by atoms with Gasteiger partial charge in [0.1, 0.15) is 0 Å². The lowest BCUT2D eigenvalue weighted by molar-refractivity contribution is -0.137. The third-order valence-electron chi connectivity index (χ3n) is 2.98. The van der Waals surface area contributed by atoms with Gasteiger partial charge >= 0.3 is 5.97 Å². The highest BCUT2D eigenvalue weighted by atomic mass is 79.9. The second-order valence-corrected chi connectivity index (χ2v) is 6.83. The molecule has 2 bridgehead atoms. The first kappa shape index (κ1) is 13.5. The zero-order valence-electron chi connectivity index (χ0n) is 9.86. The number of allylic oxidation sites excluding steroid dienone is 2. The van der Waals surface area contributed by atoms with Gasteiger partial charge in [-0.3, -0.25) is 4.79 Å².